The zero-order chi connectivity index (χ0) is 13.8. The van der Waals surface area contributed by atoms with Gasteiger partial charge in [0.05, 0.1) is 17.8 Å². The summed E-state index contributed by atoms with van der Waals surface area (Å²) in [5, 5.41) is 15.4. The summed E-state index contributed by atoms with van der Waals surface area (Å²) in [6, 6.07) is 10.4. The highest BCUT2D eigenvalue weighted by Crippen LogP contribution is 2.23. The number of hydrogen-bond acceptors (Lipinski definition) is 4. The molecule has 0 aliphatic carbocycles. The van der Waals surface area contributed by atoms with Crippen LogP contribution in [-0.4, -0.2) is 26.9 Å². The molecule has 102 valence electrons. The number of fused-ring (bicyclic) bond motifs is 1. The van der Waals surface area contributed by atoms with Gasteiger partial charge in [0.25, 0.3) is 0 Å². The largest absolute Gasteiger partial charge is 0.305 e. The average molecular weight is 267 g/mol. The van der Waals surface area contributed by atoms with Crippen molar-refractivity contribution in [3.05, 3.63) is 54.0 Å². The molecule has 2 aromatic heterocycles. The van der Waals surface area contributed by atoms with Crippen LogP contribution in [0.15, 0.2) is 42.7 Å². The number of aromatic nitrogens is 4. The van der Waals surface area contributed by atoms with Crippen LogP contribution in [0.4, 0.5) is 0 Å². The Kier molecular flexibility index (Phi) is 3.69. The molecule has 5 heteroatoms. The van der Waals surface area contributed by atoms with E-state index in [0.717, 1.165) is 29.6 Å². The Balaban J connectivity index is 1.99. The normalized spacial score (nSPS) is 12.7. The highest BCUT2D eigenvalue weighted by atomic mass is 15.3. The average Bonchev–Trinajstić information content (AvgIpc) is 3.02. The summed E-state index contributed by atoms with van der Waals surface area (Å²) in [7, 11) is 0. The predicted octanol–water partition coefficient (Wildman–Crippen LogP) is 2.44. The summed E-state index contributed by atoms with van der Waals surface area (Å²) in [4.78, 5) is 4.35. The zero-order valence-corrected chi connectivity index (χ0v) is 11.4. The van der Waals surface area contributed by atoms with Crippen LogP contribution in [-0.2, 0) is 0 Å². The standard InChI is InChI=1S/C15H17N5/c1-2-7-17-15(14-10-18-20-19-14)12-5-6-13-11(9-12)4-3-8-16-13/h3-6,8-10,15,17H,2,7H2,1H3,(H,18,19,20). The van der Waals surface area contributed by atoms with E-state index in [0.29, 0.717) is 0 Å². The fourth-order valence-electron chi connectivity index (χ4n) is 2.31. The van der Waals surface area contributed by atoms with Crippen molar-refractivity contribution in [3.8, 4) is 0 Å². The van der Waals surface area contributed by atoms with Gasteiger partial charge in [-0.1, -0.05) is 19.1 Å². The van der Waals surface area contributed by atoms with E-state index in [1.165, 1.54) is 5.56 Å². The molecule has 0 amide bonds. The van der Waals surface area contributed by atoms with E-state index < -0.39 is 0 Å². The molecule has 20 heavy (non-hydrogen) atoms. The molecule has 1 aromatic carbocycles. The first-order chi connectivity index (χ1) is 9.88. The number of nitrogens with zero attached hydrogens (tertiary/aromatic N) is 3. The van der Waals surface area contributed by atoms with Gasteiger partial charge in [-0.15, -0.1) is 0 Å². The summed E-state index contributed by atoms with van der Waals surface area (Å²) < 4.78 is 0. The first-order valence-corrected chi connectivity index (χ1v) is 6.82. The molecule has 0 aliphatic rings. The molecule has 3 aromatic rings. The smallest absolute Gasteiger partial charge is 0.104 e. The van der Waals surface area contributed by atoms with E-state index in [1.807, 2.05) is 18.3 Å². The monoisotopic (exact) mass is 267 g/mol. The molecule has 0 saturated carbocycles. The molecule has 1 atom stereocenters. The lowest BCUT2D eigenvalue weighted by Gasteiger charge is -2.16. The molecule has 0 aliphatic heterocycles. The predicted molar refractivity (Wildman–Crippen MR) is 78.3 cm³/mol. The van der Waals surface area contributed by atoms with Crippen molar-refractivity contribution in [1.29, 1.82) is 0 Å². The highest BCUT2D eigenvalue weighted by Gasteiger charge is 2.16. The fraction of sp³-hybridized carbons (Fsp3) is 0.267. The van der Waals surface area contributed by atoms with Crippen molar-refractivity contribution in [2.75, 3.05) is 6.54 Å². The van der Waals surface area contributed by atoms with Gasteiger partial charge in [0.15, 0.2) is 0 Å². The van der Waals surface area contributed by atoms with E-state index in [9.17, 15) is 0 Å². The van der Waals surface area contributed by atoms with Crippen molar-refractivity contribution in [3.63, 3.8) is 0 Å². The molecule has 0 spiro atoms. The van der Waals surface area contributed by atoms with Crippen LogP contribution in [0, 0.1) is 0 Å². The van der Waals surface area contributed by atoms with Crippen LogP contribution in [0.1, 0.15) is 30.6 Å². The summed E-state index contributed by atoms with van der Waals surface area (Å²) in [5.74, 6) is 0. The number of pyridine rings is 1. The van der Waals surface area contributed by atoms with Crippen LogP contribution in [0.2, 0.25) is 0 Å². The van der Waals surface area contributed by atoms with Crippen LogP contribution >= 0.6 is 0 Å². The molecule has 2 N–H and O–H groups in total. The summed E-state index contributed by atoms with van der Waals surface area (Å²) in [6.07, 6.45) is 4.65. The first-order valence-electron chi connectivity index (χ1n) is 6.82. The van der Waals surface area contributed by atoms with Crippen LogP contribution in [0.3, 0.4) is 0 Å². The Hall–Kier alpha value is -2.27. The maximum Gasteiger partial charge on any atom is 0.104 e. The van der Waals surface area contributed by atoms with Crippen molar-refractivity contribution in [2.24, 2.45) is 0 Å². The van der Waals surface area contributed by atoms with Crippen LogP contribution in [0.5, 0.6) is 0 Å². The Morgan fingerprint density at radius 2 is 2.25 bits per heavy atom. The van der Waals surface area contributed by atoms with E-state index in [-0.39, 0.29) is 6.04 Å². The van der Waals surface area contributed by atoms with Gasteiger partial charge in [0, 0.05) is 11.6 Å². The van der Waals surface area contributed by atoms with Crippen LogP contribution in [0.25, 0.3) is 10.9 Å². The number of benzene rings is 1. The second kappa shape index (κ2) is 5.79. The summed E-state index contributed by atoms with van der Waals surface area (Å²) >= 11 is 0. The van der Waals surface area contributed by atoms with Gasteiger partial charge in [-0.3, -0.25) is 4.98 Å². The molecule has 0 fully saturated rings. The molecule has 1 unspecified atom stereocenters. The number of rotatable bonds is 5. The highest BCUT2D eigenvalue weighted by molar-refractivity contribution is 5.79. The van der Waals surface area contributed by atoms with Crippen LogP contribution < -0.4 is 5.32 Å². The van der Waals surface area contributed by atoms with E-state index in [4.69, 9.17) is 0 Å². The van der Waals surface area contributed by atoms with Gasteiger partial charge in [0.2, 0.25) is 0 Å². The van der Waals surface area contributed by atoms with Crippen molar-refractivity contribution in [2.45, 2.75) is 19.4 Å². The minimum atomic E-state index is 0.0540. The van der Waals surface area contributed by atoms with E-state index in [1.54, 1.807) is 6.20 Å². The molecule has 0 saturated heterocycles. The third kappa shape index (κ3) is 2.53. The Morgan fingerprint density at radius 1 is 1.30 bits per heavy atom. The first kappa shape index (κ1) is 12.7. The third-order valence-electron chi connectivity index (χ3n) is 3.29. The molecule has 5 nitrogen and oxygen atoms in total. The second-order valence-corrected chi connectivity index (χ2v) is 4.74. The SMILES string of the molecule is CCCNC(c1ccc2ncccc2c1)c1cn[nH]n1. The van der Waals surface area contributed by atoms with Gasteiger partial charge in [-0.05, 0) is 36.7 Å². The molecule has 3 rings (SSSR count). The quantitative estimate of drug-likeness (QED) is 0.745. The maximum absolute atomic E-state index is 4.35. The molecular formula is C15H17N5. The number of H-pyrrole nitrogens is 1. The number of aromatic amines is 1. The summed E-state index contributed by atoms with van der Waals surface area (Å²) in [6.45, 7) is 3.08. The van der Waals surface area contributed by atoms with Crippen molar-refractivity contribution >= 4 is 10.9 Å². The third-order valence-corrected chi connectivity index (χ3v) is 3.29. The van der Waals surface area contributed by atoms with E-state index >= 15 is 0 Å². The molecule has 0 radical (unpaired) electrons. The van der Waals surface area contributed by atoms with E-state index in [2.05, 4.69) is 50.8 Å². The van der Waals surface area contributed by atoms with Gasteiger partial charge in [0.1, 0.15) is 5.69 Å². The Bertz CT molecular complexity index is 678. The number of nitrogens with one attached hydrogen (secondary N) is 2. The second-order valence-electron chi connectivity index (χ2n) is 4.74. The molecular weight excluding hydrogens is 250 g/mol. The summed E-state index contributed by atoms with van der Waals surface area (Å²) in [5.41, 5.74) is 3.08. The lowest BCUT2D eigenvalue weighted by molar-refractivity contribution is 0.585. The Morgan fingerprint density at radius 3 is 3.05 bits per heavy atom. The van der Waals surface area contributed by atoms with Crippen molar-refractivity contribution in [1.82, 2.24) is 25.7 Å². The van der Waals surface area contributed by atoms with Crippen molar-refractivity contribution < 1.29 is 0 Å². The maximum atomic E-state index is 4.35. The lowest BCUT2D eigenvalue weighted by Crippen LogP contribution is -2.23. The van der Waals surface area contributed by atoms with Gasteiger partial charge in [-0.25, -0.2) is 0 Å². The lowest BCUT2D eigenvalue weighted by atomic mass is 10.0. The Labute approximate surface area is 117 Å². The van der Waals surface area contributed by atoms with Gasteiger partial charge < -0.3 is 5.32 Å². The zero-order valence-electron chi connectivity index (χ0n) is 11.4. The minimum Gasteiger partial charge on any atom is -0.305 e. The topological polar surface area (TPSA) is 66.5 Å². The van der Waals surface area contributed by atoms with Gasteiger partial charge >= 0.3 is 0 Å². The molecule has 0 bridgehead atoms. The van der Waals surface area contributed by atoms with Gasteiger partial charge in [-0.2, -0.15) is 15.4 Å². The molecule has 2 heterocycles. The fourth-order valence-corrected chi connectivity index (χ4v) is 2.31. The number of hydrogen-bond donors (Lipinski definition) is 2. The minimum absolute atomic E-state index is 0.0540.